The Morgan fingerprint density at radius 1 is 1.08 bits per heavy atom. The predicted molar refractivity (Wildman–Crippen MR) is 152 cm³/mol. The summed E-state index contributed by atoms with van der Waals surface area (Å²) < 4.78 is 26.7. The van der Waals surface area contributed by atoms with E-state index in [4.69, 9.17) is 37.7 Å². The second-order valence-corrected chi connectivity index (χ2v) is 9.31. The van der Waals surface area contributed by atoms with Crippen LogP contribution in [-0.2, 0) is 4.79 Å². The molecule has 0 unspecified atom stereocenters. The van der Waals surface area contributed by atoms with Crippen molar-refractivity contribution in [3.05, 3.63) is 83.0 Å². The topological polar surface area (TPSA) is 89.8 Å². The third-order valence-corrected chi connectivity index (χ3v) is 6.82. The number of nitrogens with one attached hydrogen (secondary N) is 2. The minimum absolute atomic E-state index is 0.247. The van der Waals surface area contributed by atoms with Gasteiger partial charge in [-0.25, -0.2) is 14.4 Å². The Bertz CT molecular complexity index is 1760. The molecule has 0 bridgehead atoms. The minimum Gasteiger partial charge on any atom is -0.495 e. The number of anilines is 3. The predicted octanol–water partition coefficient (Wildman–Crippen LogP) is 7.19. The van der Waals surface area contributed by atoms with Gasteiger partial charge in [0.05, 0.1) is 46.9 Å². The highest BCUT2D eigenvalue weighted by Gasteiger charge is 2.23. The van der Waals surface area contributed by atoms with E-state index < -0.39 is 11.7 Å². The molecule has 3 aromatic heterocycles. The molecule has 0 saturated heterocycles. The lowest BCUT2D eigenvalue weighted by atomic mass is 10.0. The number of carbonyl (C=O) groups is 1. The molecule has 0 radical (unpaired) electrons. The molecule has 39 heavy (non-hydrogen) atoms. The third kappa shape index (κ3) is 4.82. The van der Waals surface area contributed by atoms with Gasteiger partial charge in [-0.3, -0.25) is 9.20 Å². The molecular formula is C28H22Cl2FN5O3. The fraction of sp³-hybridized carbons (Fsp3) is 0.107. The van der Waals surface area contributed by atoms with Gasteiger partial charge in [-0.05, 0) is 37.3 Å². The normalized spacial score (nSPS) is 11.0. The number of hydrogen-bond donors (Lipinski definition) is 2. The van der Waals surface area contributed by atoms with Crippen molar-refractivity contribution in [2.24, 2.45) is 0 Å². The smallest absolute Gasteiger partial charge is 0.247 e. The summed E-state index contributed by atoms with van der Waals surface area (Å²) in [5.41, 5.74) is 4.04. The monoisotopic (exact) mass is 565 g/mol. The van der Waals surface area contributed by atoms with E-state index in [9.17, 15) is 9.18 Å². The molecule has 0 aliphatic rings. The lowest BCUT2D eigenvalue weighted by molar-refractivity contribution is -0.111. The van der Waals surface area contributed by atoms with Crippen LogP contribution in [0, 0.1) is 12.7 Å². The Labute approximate surface area is 233 Å². The molecule has 0 saturated carbocycles. The maximum absolute atomic E-state index is 13.9. The number of carbonyl (C=O) groups excluding carboxylic acids is 1. The molecule has 5 aromatic rings. The van der Waals surface area contributed by atoms with Crippen LogP contribution in [0.1, 0.15) is 5.69 Å². The van der Waals surface area contributed by atoms with Gasteiger partial charge in [0, 0.05) is 41.0 Å². The summed E-state index contributed by atoms with van der Waals surface area (Å²) in [7, 11) is 3.03. The van der Waals surface area contributed by atoms with Crippen LogP contribution in [-0.4, -0.2) is 34.5 Å². The number of fused-ring (bicyclic) bond motifs is 3. The van der Waals surface area contributed by atoms with Gasteiger partial charge >= 0.3 is 0 Å². The molecule has 5 rings (SSSR count). The number of aromatic nitrogens is 3. The number of halogens is 3. The van der Waals surface area contributed by atoms with Crippen LogP contribution < -0.4 is 20.1 Å². The largest absolute Gasteiger partial charge is 0.495 e. The molecule has 2 aromatic carbocycles. The van der Waals surface area contributed by atoms with Crippen molar-refractivity contribution >= 4 is 62.9 Å². The number of benzene rings is 2. The first-order valence-electron chi connectivity index (χ1n) is 11.6. The van der Waals surface area contributed by atoms with Crippen molar-refractivity contribution in [2.45, 2.75) is 6.92 Å². The molecule has 198 valence electrons. The van der Waals surface area contributed by atoms with Crippen molar-refractivity contribution in [1.29, 1.82) is 0 Å². The SMILES string of the molecule is C=CC(=O)Nc1cc(F)ccc1Nc1cc2c(cn1)cc(-c1c(Cl)c(OC)cc(OC)c1Cl)c1nc(C)cn12. The molecule has 11 heteroatoms. The molecule has 0 spiro atoms. The zero-order valence-corrected chi connectivity index (χ0v) is 22.6. The maximum Gasteiger partial charge on any atom is 0.247 e. The van der Waals surface area contributed by atoms with Crippen LogP contribution >= 0.6 is 23.2 Å². The second kappa shape index (κ2) is 10.4. The molecule has 8 nitrogen and oxygen atoms in total. The third-order valence-electron chi connectivity index (χ3n) is 6.07. The van der Waals surface area contributed by atoms with Crippen LogP contribution in [0.4, 0.5) is 21.6 Å². The number of imidazole rings is 1. The molecule has 0 aliphatic carbocycles. The molecule has 2 N–H and O–H groups in total. The lowest BCUT2D eigenvalue weighted by Gasteiger charge is -2.17. The minimum atomic E-state index is -0.499. The van der Waals surface area contributed by atoms with E-state index in [0.717, 1.165) is 22.7 Å². The second-order valence-electron chi connectivity index (χ2n) is 8.55. The molecule has 0 atom stereocenters. The van der Waals surface area contributed by atoms with Gasteiger partial charge in [0.25, 0.3) is 0 Å². The standard InChI is InChI=1S/C28H22Cl2FN5O3/c1-5-24(37)35-19-9-16(31)6-7-18(19)34-23-10-20-15(12-32-23)8-17(28-33-14(2)13-36(20)28)25-26(29)21(38-3)11-22(39-4)27(25)30/h5-13H,1H2,2-4H3,(H,32,34)(H,35,37). The van der Waals surface area contributed by atoms with Crippen LogP contribution in [0.15, 0.2) is 61.4 Å². The van der Waals surface area contributed by atoms with Crippen molar-refractivity contribution in [3.63, 3.8) is 0 Å². The number of ether oxygens (including phenoxy) is 2. The fourth-order valence-electron chi connectivity index (χ4n) is 4.29. The van der Waals surface area contributed by atoms with Crippen LogP contribution in [0.5, 0.6) is 11.5 Å². The summed E-state index contributed by atoms with van der Waals surface area (Å²) in [4.78, 5) is 21.1. The molecule has 1 amide bonds. The molecule has 0 fully saturated rings. The van der Waals surface area contributed by atoms with Gasteiger partial charge < -0.3 is 20.1 Å². The highest BCUT2D eigenvalue weighted by Crippen LogP contribution is 2.47. The first kappa shape index (κ1) is 26.3. The van der Waals surface area contributed by atoms with Crippen LogP contribution in [0.3, 0.4) is 0 Å². The Morgan fingerprint density at radius 2 is 1.79 bits per heavy atom. The van der Waals surface area contributed by atoms with Gasteiger partial charge in [-0.1, -0.05) is 29.8 Å². The van der Waals surface area contributed by atoms with E-state index in [1.807, 2.05) is 29.7 Å². The van der Waals surface area contributed by atoms with E-state index in [-0.39, 0.29) is 5.69 Å². The summed E-state index contributed by atoms with van der Waals surface area (Å²) in [6.45, 7) is 5.32. The summed E-state index contributed by atoms with van der Waals surface area (Å²) >= 11 is 13.5. The Balaban J connectivity index is 1.67. The number of aryl methyl sites for hydroxylation is 1. The van der Waals surface area contributed by atoms with Crippen molar-refractivity contribution in [1.82, 2.24) is 14.4 Å². The zero-order chi connectivity index (χ0) is 27.8. The quantitative estimate of drug-likeness (QED) is 0.203. The Morgan fingerprint density at radius 3 is 2.46 bits per heavy atom. The summed E-state index contributed by atoms with van der Waals surface area (Å²) in [6, 6.07) is 9.36. The van der Waals surface area contributed by atoms with Gasteiger partial charge in [-0.15, -0.1) is 0 Å². The lowest BCUT2D eigenvalue weighted by Crippen LogP contribution is -2.09. The fourth-order valence-corrected chi connectivity index (χ4v) is 5.00. The van der Waals surface area contributed by atoms with Gasteiger partial charge in [-0.2, -0.15) is 0 Å². The van der Waals surface area contributed by atoms with Gasteiger partial charge in [0.15, 0.2) is 0 Å². The summed E-state index contributed by atoms with van der Waals surface area (Å²) in [5, 5.41) is 7.16. The molecule has 3 heterocycles. The van der Waals surface area contributed by atoms with Crippen molar-refractivity contribution in [3.8, 4) is 22.6 Å². The van der Waals surface area contributed by atoms with E-state index in [2.05, 4.69) is 22.2 Å². The van der Waals surface area contributed by atoms with Crippen molar-refractivity contribution < 1.29 is 18.7 Å². The number of nitrogens with zero attached hydrogens (tertiary/aromatic N) is 3. The summed E-state index contributed by atoms with van der Waals surface area (Å²) in [6.07, 6.45) is 4.67. The number of rotatable bonds is 7. The van der Waals surface area contributed by atoms with E-state index >= 15 is 0 Å². The molecular weight excluding hydrogens is 544 g/mol. The summed E-state index contributed by atoms with van der Waals surface area (Å²) in [5.74, 6) is 0.310. The zero-order valence-electron chi connectivity index (χ0n) is 21.1. The number of pyridine rings is 2. The maximum atomic E-state index is 13.9. The highest BCUT2D eigenvalue weighted by atomic mass is 35.5. The number of methoxy groups -OCH3 is 2. The van der Waals surface area contributed by atoms with E-state index in [0.29, 0.717) is 49.8 Å². The first-order chi connectivity index (χ1) is 18.7. The highest BCUT2D eigenvalue weighted by molar-refractivity contribution is 6.41. The van der Waals surface area contributed by atoms with Crippen molar-refractivity contribution in [2.75, 3.05) is 24.9 Å². The average molecular weight is 566 g/mol. The molecule has 0 aliphatic heterocycles. The number of hydrogen-bond acceptors (Lipinski definition) is 6. The average Bonchev–Trinajstić information content (AvgIpc) is 3.32. The van der Waals surface area contributed by atoms with Gasteiger partial charge in [0.1, 0.15) is 28.8 Å². The number of amides is 1. The van der Waals surface area contributed by atoms with Crippen LogP contribution in [0.2, 0.25) is 10.0 Å². The van der Waals surface area contributed by atoms with Crippen LogP contribution in [0.25, 0.3) is 27.7 Å². The Kier molecular flexibility index (Phi) is 7.03. The van der Waals surface area contributed by atoms with E-state index in [1.165, 1.54) is 32.4 Å². The van der Waals surface area contributed by atoms with Gasteiger partial charge in [0.2, 0.25) is 5.91 Å². The van der Waals surface area contributed by atoms with E-state index in [1.54, 1.807) is 12.3 Å². The Hall–Kier alpha value is -4.34. The first-order valence-corrected chi connectivity index (χ1v) is 12.4.